The molecule has 1 fully saturated rings. The van der Waals surface area contributed by atoms with E-state index in [4.69, 9.17) is 4.74 Å². The van der Waals surface area contributed by atoms with Gasteiger partial charge in [-0.15, -0.1) is 0 Å². The molecule has 1 aliphatic rings. The fourth-order valence-corrected chi connectivity index (χ4v) is 1.82. The highest BCUT2D eigenvalue weighted by atomic mass is 16.6. The van der Waals surface area contributed by atoms with Gasteiger partial charge in [0, 0.05) is 0 Å². The second kappa shape index (κ2) is 5.40. The zero-order valence-corrected chi connectivity index (χ0v) is 10.8. The highest BCUT2D eigenvalue weighted by molar-refractivity contribution is 5.69. The molecule has 1 rings (SSSR count). The molecule has 0 aromatic rings. The quantitative estimate of drug-likeness (QED) is 0.467. The lowest BCUT2D eigenvalue weighted by molar-refractivity contribution is -0.141. The highest BCUT2D eigenvalue weighted by Crippen LogP contribution is 2.21. The second-order valence-corrected chi connectivity index (χ2v) is 5.43. The smallest absolute Gasteiger partial charge is 0.410 e. The summed E-state index contributed by atoms with van der Waals surface area (Å²) in [4.78, 5) is 12.9. The van der Waals surface area contributed by atoms with Crippen LogP contribution in [-0.2, 0) is 4.74 Å². The maximum Gasteiger partial charge on any atom is 0.410 e. The van der Waals surface area contributed by atoms with Crippen LogP contribution in [0, 0.1) is 0 Å². The number of aliphatic hydroxyl groups is 4. The van der Waals surface area contributed by atoms with Crippen LogP contribution in [0.4, 0.5) is 4.79 Å². The number of β-amino-alcohol motifs (C(OH)–C–C–N with tert-alkyl or cyclic N) is 1. The van der Waals surface area contributed by atoms with Crippen molar-refractivity contribution < 1.29 is 30.0 Å². The Bertz CT molecular complexity index is 302. The molecule has 0 unspecified atom stereocenters. The molecule has 4 atom stereocenters. The third kappa shape index (κ3) is 3.32. The van der Waals surface area contributed by atoms with Gasteiger partial charge < -0.3 is 25.2 Å². The van der Waals surface area contributed by atoms with Crippen molar-refractivity contribution in [1.29, 1.82) is 0 Å². The number of nitrogens with zero attached hydrogens (tertiary/aromatic N) is 1. The molecule has 18 heavy (non-hydrogen) atoms. The molecule has 7 heteroatoms. The number of aliphatic hydroxyl groups excluding tert-OH is 4. The maximum absolute atomic E-state index is 11.9. The summed E-state index contributed by atoms with van der Waals surface area (Å²) < 4.78 is 5.11. The zero-order chi connectivity index (χ0) is 14.1. The van der Waals surface area contributed by atoms with Crippen molar-refractivity contribution in [3.8, 4) is 0 Å². The van der Waals surface area contributed by atoms with Crippen molar-refractivity contribution >= 4 is 6.09 Å². The van der Waals surface area contributed by atoms with Crippen molar-refractivity contribution in [3.63, 3.8) is 0 Å². The molecule has 0 aromatic heterocycles. The van der Waals surface area contributed by atoms with Crippen LogP contribution in [0.15, 0.2) is 0 Å². The Hall–Kier alpha value is -0.890. The molecule has 1 saturated heterocycles. The fourth-order valence-electron chi connectivity index (χ4n) is 1.82. The van der Waals surface area contributed by atoms with Gasteiger partial charge in [0.05, 0.1) is 19.2 Å². The molecule has 7 nitrogen and oxygen atoms in total. The van der Waals surface area contributed by atoms with Crippen LogP contribution in [0.1, 0.15) is 20.8 Å². The lowest BCUT2D eigenvalue weighted by Gasteiger charge is -2.43. The largest absolute Gasteiger partial charge is 0.444 e. The Labute approximate surface area is 106 Å². The molecular formula is C11H21NO6. The summed E-state index contributed by atoms with van der Waals surface area (Å²) in [6, 6.07) is -0.988. The first kappa shape index (κ1) is 15.2. The van der Waals surface area contributed by atoms with E-state index in [0.29, 0.717) is 0 Å². The number of rotatable bonds is 1. The lowest BCUT2D eigenvalue weighted by atomic mass is 9.95. The molecule has 0 saturated carbocycles. The molecule has 4 N–H and O–H groups in total. The Morgan fingerprint density at radius 1 is 1.28 bits per heavy atom. The van der Waals surface area contributed by atoms with Crippen molar-refractivity contribution in [3.05, 3.63) is 0 Å². The standard InChI is InChI=1S/C11H21NO6/c1-11(2,3)18-10(17)12-4-7(14)9(16)8(15)6(12)5-13/h6-9,13-16H,4-5H2,1-3H3/t6-,7+,8+,9+/m0/s1. The number of likely N-dealkylation sites (tertiary alicyclic amines) is 1. The van der Waals surface area contributed by atoms with E-state index < -0.39 is 42.7 Å². The summed E-state index contributed by atoms with van der Waals surface area (Å²) >= 11 is 0. The van der Waals surface area contributed by atoms with Gasteiger partial charge in [-0.25, -0.2) is 4.79 Å². The van der Waals surface area contributed by atoms with E-state index in [1.54, 1.807) is 20.8 Å². The van der Waals surface area contributed by atoms with Gasteiger partial charge in [0.2, 0.25) is 0 Å². The number of ether oxygens (including phenoxy) is 1. The van der Waals surface area contributed by atoms with Crippen LogP contribution >= 0.6 is 0 Å². The van der Waals surface area contributed by atoms with Gasteiger partial charge in [-0.05, 0) is 20.8 Å². The Morgan fingerprint density at radius 3 is 2.28 bits per heavy atom. The van der Waals surface area contributed by atoms with Crippen LogP contribution in [0.2, 0.25) is 0 Å². The number of amides is 1. The van der Waals surface area contributed by atoms with Crippen LogP contribution in [0.25, 0.3) is 0 Å². The Balaban J connectivity index is 2.82. The summed E-state index contributed by atoms with van der Waals surface area (Å²) in [6.07, 6.45) is -4.81. The molecule has 1 amide bonds. The fraction of sp³-hybridized carbons (Fsp3) is 0.909. The van der Waals surface area contributed by atoms with Crippen LogP contribution in [0.3, 0.4) is 0 Å². The zero-order valence-electron chi connectivity index (χ0n) is 10.8. The Morgan fingerprint density at radius 2 is 1.83 bits per heavy atom. The average Bonchev–Trinajstić information content (AvgIpc) is 2.23. The minimum absolute atomic E-state index is 0.196. The summed E-state index contributed by atoms with van der Waals surface area (Å²) in [5, 5.41) is 37.9. The summed E-state index contributed by atoms with van der Waals surface area (Å²) in [5.41, 5.74) is -0.719. The number of piperidine rings is 1. The second-order valence-electron chi connectivity index (χ2n) is 5.43. The van der Waals surface area contributed by atoms with Gasteiger partial charge in [0.25, 0.3) is 0 Å². The average molecular weight is 263 g/mol. The van der Waals surface area contributed by atoms with Gasteiger partial charge in [0.15, 0.2) is 0 Å². The number of carbonyl (C=O) groups excluding carboxylic acids is 1. The number of carbonyl (C=O) groups is 1. The third-order valence-corrected chi connectivity index (χ3v) is 2.74. The SMILES string of the molecule is CC(C)(C)OC(=O)N1C[C@@H](O)[C@@H](O)[C@H](O)[C@@H]1CO. The number of hydrogen-bond donors (Lipinski definition) is 4. The van der Waals surface area contributed by atoms with Gasteiger partial charge in [-0.1, -0.05) is 0 Å². The monoisotopic (exact) mass is 263 g/mol. The molecular weight excluding hydrogens is 242 g/mol. The van der Waals surface area contributed by atoms with E-state index >= 15 is 0 Å². The van der Waals surface area contributed by atoms with Crippen LogP contribution < -0.4 is 0 Å². The topological polar surface area (TPSA) is 110 Å². The molecule has 1 heterocycles. The summed E-state index contributed by atoms with van der Waals surface area (Å²) in [7, 11) is 0. The highest BCUT2D eigenvalue weighted by Gasteiger charge is 2.44. The van der Waals surface area contributed by atoms with E-state index in [0.717, 1.165) is 4.90 Å². The first-order chi connectivity index (χ1) is 8.17. The van der Waals surface area contributed by atoms with Gasteiger partial charge in [-0.3, -0.25) is 4.90 Å². The first-order valence-corrected chi connectivity index (χ1v) is 5.82. The first-order valence-electron chi connectivity index (χ1n) is 5.82. The van der Waals surface area contributed by atoms with E-state index in [1.807, 2.05) is 0 Å². The van der Waals surface area contributed by atoms with Crippen molar-refractivity contribution in [2.75, 3.05) is 13.2 Å². The van der Waals surface area contributed by atoms with Crippen molar-refractivity contribution in [2.24, 2.45) is 0 Å². The summed E-state index contributed by atoms with van der Waals surface area (Å²) in [6.45, 7) is 4.34. The molecule has 0 radical (unpaired) electrons. The Kier molecular flexibility index (Phi) is 4.55. The summed E-state index contributed by atoms with van der Waals surface area (Å²) in [5.74, 6) is 0. The molecule has 1 aliphatic heterocycles. The number of hydrogen-bond acceptors (Lipinski definition) is 6. The van der Waals surface area contributed by atoms with Crippen LogP contribution in [0.5, 0.6) is 0 Å². The van der Waals surface area contributed by atoms with E-state index in [9.17, 15) is 25.2 Å². The van der Waals surface area contributed by atoms with Gasteiger partial charge in [-0.2, -0.15) is 0 Å². The van der Waals surface area contributed by atoms with Crippen LogP contribution in [-0.4, -0.2) is 74.5 Å². The normalized spacial score (nSPS) is 33.4. The van der Waals surface area contributed by atoms with Crippen molar-refractivity contribution in [2.45, 2.75) is 50.7 Å². The molecule has 106 valence electrons. The minimum Gasteiger partial charge on any atom is -0.444 e. The van der Waals surface area contributed by atoms with E-state index in [1.165, 1.54) is 0 Å². The maximum atomic E-state index is 11.9. The van der Waals surface area contributed by atoms with E-state index in [2.05, 4.69) is 0 Å². The predicted molar refractivity (Wildman–Crippen MR) is 61.8 cm³/mol. The van der Waals surface area contributed by atoms with E-state index in [-0.39, 0.29) is 6.54 Å². The molecule has 0 spiro atoms. The molecule has 0 aliphatic carbocycles. The van der Waals surface area contributed by atoms with Gasteiger partial charge in [0.1, 0.15) is 23.9 Å². The predicted octanol–water partition coefficient (Wildman–Crippen LogP) is -1.32. The lowest BCUT2D eigenvalue weighted by Crippen LogP contribution is -2.64. The third-order valence-electron chi connectivity index (χ3n) is 2.74. The molecule has 0 aromatic carbocycles. The van der Waals surface area contributed by atoms with Gasteiger partial charge >= 0.3 is 6.09 Å². The minimum atomic E-state index is -1.41. The molecule has 0 bridgehead atoms. The van der Waals surface area contributed by atoms with Crippen molar-refractivity contribution in [1.82, 2.24) is 4.90 Å².